The number of fused-ring (bicyclic) bond motifs is 1. The number of carbonyl (C=O) groups is 1. The Bertz CT molecular complexity index is 549. The van der Waals surface area contributed by atoms with E-state index >= 15 is 0 Å². The maximum atomic E-state index is 11.3. The lowest BCUT2D eigenvalue weighted by molar-refractivity contribution is 0.112. The molecule has 3 heteroatoms. The van der Waals surface area contributed by atoms with Crippen molar-refractivity contribution in [2.75, 3.05) is 20.3 Å². The Morgan fingerprint density at radius 2 is 1.84 bits per heavy atom. The van der Waals surface area contributed by atoms with Gasteiger partial charge >= 0.3 is 0 Å². The van der Waals surface area contributed by atoms with E-state index in [0.717, 1.165) is 36.5 Å². The first kappa shape index (κ1) is 13.6. The van der Waals surface area contributed by atoms with E-state index in [1.165, 1.54) is 0 Å². The van der Waals surface area contributed by atoms with Crippen molar-refractivity contribution in [3.05, 3.63) is 42.0 Å². The molecule has 0 unspecified atom stereocenters. The maximum absolute atomic E-state index is 11.3. The van der Waals surface area contributed by atoms with Gasteiger partial charge < -0.3 is 9.47 Å². The Balaban J connectivity index is 2.12. The zero-order valence-corrected chi connectivity index (χ0v) is 11.1. The molecule has 0 radical (unpaired) electrons. The highest BCUT2D eigenvalue weighted by Crippen LogP contribution is 2.26. The number of rotatable bonds is 7. The quantitative estimate of drug-likeness (QED) is 0.563. The van der Waals surface area contributed by atoms with Crippen LogP contribution in [0.15, 0.2) is 36.4 Å². The third kappa shape index (κ3) is 3.32. The van der Waals surface area contributed by atoms with Gasteiger partial charge in [0.1, 0.15) is 5.75 Å². The largest absolute Gasteiger partial charge is 0.493 e. The molecule has 0 atom stereocenters. The topological polar surface area (TPSA) is 35.5 Å². The molecule has 0 fully saturated rings. The number of methoxy groups -OCH3 is 1. The summed E-state index contributed by atoms with van der Waals surface area (Å²) < 4.78 is 10.7. The molecule has 100 valence electrons. The molecule has 0 heterocycles. The molecule has 0 aromatic heterocycles. The lowest BCUT2D eigenvalue weighted by Crippen LogP contribution is -2.02. The van der Waals surface area contributed by atoms with Crippen molar-refractivity contribution in [2.45, 2.75) is 12.8 Å². The van der Waals surface area contributed by atoms with Crippen LogP contribution in [0.4, 0.5) is 0 Å². The van der Waals surface area contributed by atoms with Crippen LogP contribution in [0, 0.1) is 0 Å². The molecule has 19 heavy (non-hydrogen) atoms. The summed E-state index contributed by atoms with van der Waals surface area (Å²) in [6.07, 6.45) is 2.74. The van der Waals surface area contributed by atoms with Gasteiger partial charge in [0, 0.05) is 13.7 Å². The van der Waals surface area contributed by atoms with Gasteiger partial charge in [-0.15, -0.1) is 0 Å². The van der Waals surface area contributed by atoms with Crippen molar-refractivity contribution in [1.82, 2.24) is 0 Å². The predicted octanol–water partition coefficient (Wildman–Crippen LogP) is 3.46. The maximum Gasteiger partial charge on any atom is 0.154 e. The van der Waals surface area contributed by atoms with E-state index in [1.807, 2.05) is 36.4 Å². The molecule has 0 saturated heterocycles. The van der Waals surface area contributed by atoms with Gasteiger partial charge in [0.2, 0.25) is 0 Å². The van der Waals surface area contributed by atoms with Crippen LogP contribution >= 0.6 is 0 Å². The van der Waals surface area contributed by atoms with Crippen LogP contribution in [0.5, 0.6) is 5.75 Å². The molecule has 0 saturated carbocycles. The lowest BCUT2D eigenvalue weighted by atomic mass is 10.0. The van der Waals surface area contributed by atoms with E-state index < -0.39 is 0 Å². The Morgan fingerprint density at radius 1 is 1.05 bits per heavy atom. The molecule has 0 aliphatic heterocycles. The second kappa shape index (κ2) is 6.90. The first-order valence-corrected chi connectivity index (χ1v) is 6.45. The highest BCUT2D eigenvalue weighted by Gasteiger charge is 2.07. The minimum atomic E-state index is 0.600. The van der Waals surface area contributed by atoms with Crippen molar-refractivity contribution in [1.29, 1.82) is 0 Å². The van der Waals surface area contributed by atoms with Crippen LogP contribution in [0.1, 0.15) is 23.2 Å². The number of aldehydes is 1. The van der Waals surface area contributed by atoms with E-state index in [9.17, 15) is 4.79 Å². The number of hydrogen-bond donors (Lipinski definition) is 0. The van der Waals surface area contributed by atoms with E-state index in [4.69, 9.17) is 9.47 Å². The van der Waals surface area contributed by atoms with Crippen LogP contribution in [-0.2, 0) is 4.74 Å². The normalized spacial score (nSPS) is 10.6. The Kier molecular flexibility index (Phi) is 4.93. The summed E-state index contributed by atoms with van der Waals surface area (Å²) in [4.78, 5) is 11.3. The SMILES string of the molecule is COCCCCOc1ccc2ccccc2c1C=O. The molecule has 0 aliphatic carbocycles. The molecule has 0 N–H and O–H groups in total. The number of ether oxygens (including phenoxy) is 2. The fourth-order valence-corrected chi connectivity index (χ4v) is 2.05. The van der Waals surface area contributed by atoms with E-state index in [-0.39, 0.29) is 0 Å². The van der Waals surface area contributed by atoms with Crippen LogP contribution in [0.25, 0.3) is 10.8 Å². The average molecular weight is 258 g/mol. The third-order valence-electron chi connectivity index (χ3n) is 3.05. The summed E-state index contributed by atoms with van der Waals surface area (Å²) in [6, 6.07) is 11.7. The predicted molar refractivity (Wildman–Crippen MR) is 75.9 cm³/mol. The summed E-state index contributed by atoms with van der Waals surface area (Å²) in [5, 5.41) is 1.99. The molecular formula is C16H18O3. The average Bonchev–Trinajstić information content (AvgIpc) is 2.46. The summed E-state index contributed by atoms with van der Waals surface area (Å²) >= 11 is 0. The molecule has 0 spiro atoms. The van der Waals surface area contributed by atoms with Gasteiger partial charge in [0.05, 0.1) is 12.2 Å². The zero-order chi connectivity index (χ0) is 13.5. The van der Waals surface area contributed by atoms with Crippen molar-refractivity contribution in [2.24, 2.45) is 0 Å². The van der Waals surface area contributed by atoms with Crippen molar-refractivity contribution in [3.63, 3.8) is 0 Å². The second-order valence-corrected chi connectivity index (χ2v) is 4.36. The fraction of sp³-hybridized carbons (Fsp3) is 0.312. The van der Waals surface area contributed by atoms with Gasteiger partial charge in [-0.3, -0.25) is 4.79 Å². The number of carbonyl (C=O) groups excluding carboxylic acids is 1. The second-order valence-electron chi connectivity index (χ2n) is 4.36. The van der Waals surface area contributed by atoms with Gasteiger partial charge in [-0.05, 0) is 29.7 Å². The van der Waals surface area contributed by atoms with E-state index in [0.29, 0.717) is 17.9 Å². The molecule has 2 aromatic carbocycles. The lowest BCUT2D eigenvalue weighted by Gasteiger charge is -2.10. The summed E-state index contributed by atoms with van der Waals surface area (Å²) in [6.45, 7) is 1.34. The third-order valence-corrected chi connectivity index (χ3v) is 3.05. The summed E-state index contributed by atoms with van der Waals surface area (Å²) in [5.74, 6) is 0.658. The molecule has 2 aromatic rings. The smallest absolute Gasteiger partial charge is 0.154 e. The van der Waals surface area contributed by atoms with Gasteiger partial charge in [0.25, 0.3) is 0 Å². The van der Waals surface area contributed by atoms with Crippen LogP contribution in [0.3, 0.4) is 0 Å². The van der Waals surface area contributed by atoms with Crippen LogP contribution < -0.4 is 4.74 Å². The summed E-state index contributed by atoms with van der Waals surface area (Å²) in [5.41, 5.74) is 0.629. The standard InChI is InChI=1S/C16H18O3/c1-18-10-4-5-11-19-16-9-8-13-6-2-3-7-14(13)15(16)12-17/h2-3,6-9,12H,4-5,10-11H2,1H3. The Morgan fingerprint density at radius 3 is 2.63 bits per heavy atom. The van der Waals surface area contributed by atoms with E-state index in [2.05, 4.69) is 0 Å². The van der Waals surface area contributed by atoms with Crippen molar-refractivity contribution in [3.8, 4) is 5.75 Å². The monoisotopic (exact) mass is 258 g/mol. The number of benzene rings is 2. The van der Waals surface area contributed by atoms with Gasteiger partial charge in [-0.1, -0.05) is 30.3 Å². The van der Waals surface area contributed by atoms with Gasteiger partial charge in [0.15, 0.2) is 6.29 Å². The van der Waals surface area contributed by atoms with Gasteiger partial charge in [-0.25, -0.2) is 0 Å². The van der Waals surface area contributed by atoms with Crippen LogP contribution in [0.2, 0.25) is 0 Å². The summed E-state index contributed by atoms with van der Waals surface area (Å²) in [7, 11) is 1.69. The minimum Gasteiger partial charge on any atom is -0.493 e. The number of hydrogen-bond acceptors (Lipinski definition) is 3. The zero-order valence-electron chi connectivity index (χ0n) is 11.1. The minimum absolute atomic E-state index is 0.600. The van der Waals surface area contributed by atoms with Gasteiger partial charge in [-0.2, -0.15) is 0 Å². The Labute approximate surface area is 113 Å². The number of unbranched alkanes of at least 4 members (excludes halogenated alkanes) is 1. The highest BCUT2D eigenvalue weighted by molar-refractivity contribution is 6.00. The van der Waals surface area contributed by atoms with Crippen molar-refractivity contribution < 1.29 is 14.3 Å². The first-order valence-electron chi connectivity index (χ1n) is 6.45. The molecule has 2 rings (SSSR count). The Hall–Kier alpha value is -1.87. The molecule has 0 amide bonds. The van der Waals surface area contributed by atoms with E-state index in [1.54, 1.807) is 7.11 Å². The first-order chi connectivity index (χ1) is 9.36. The molecule has 3 nitrogen and oxygen atoms in total. The molecule has 0 bridgehead atoms. The van der Waals surface area contributed by atoms with Crippen molar-refractivity contribution >= 4 is 17.1 Å². The highest BCUT2D eigenvalue weighted by atomic mass is 16.5. The molecule has 0 aliphatic rings. The fourth-order valence-electron chi connectivity index (χ4n) is 2.05. The van der Waals surface area contributed by atoms with Crippen LogP contribution in [-0.4, -0.2) is 26.6 Å². The molecular weight excluding hydrogens is 240 g/mol.